The highest BCUT2D eigenvalue weighted by atomic mass is 35.5. The third-order valence-corrected chi connectivity index (χ3v) is 7.85. The Balaban J connectivity index is 1.34. The van der Waals surface area contributed by atoms with Gasteiger partial charge in [-0.3, -0.25) is 9.69 Å². The Hall–Kier alpha value is -2.37. The summed E-state index contributed by atoms with van der Waals surface area (Å²) in [6, 6.07) is 17.2. The minimum absolute atomic E-state index is 0.0528. The number of likely N-dealkylation sites (tertiary alicyclic amines) is 1. The Kier molecular flexibility index (Phi) is 6.91. The molecule has 4 nitrogen and oxygen atoms in total. The lowest BCUT2D eigenvalue weighted by atomic mass is 9.74. The topological polar surface area (TPSA) is 36.4 Å². The molecular formula is C28H26Cl3N3O. The molecule has 0 saturated carbocycles. The van der Waals surface area contributed by atoms with E-state index >= 15 is 0 Å². The van der Waals surface area contributed by atoms with Gasteiger partial charge < -0.3 is 4.90 Å². The Bertz CT molecular complexity index is 1280. The van der Waals surface area contributed by atoms with Crippen LogP contribution < -0.4 is 4.90 Å². The number of benzene rings is 2. The summed E-state index contributed by atoms with van der Waals surface area (Å²) in [6.07, 6.45) is 6.17. The molecule has 0 aliphatic carbocycles. The molecule has 1 amide bonds. The standard InChI is InChI=1S/C28H26Cl3N3O/c1-19-15-21(16-26(31)32-19)27(35)34-18-28(23-17-22(29)8-9-25(23)34)10-13-33(14-11-28)12-4-6-20-5-2-3-7-24(20)30/h2-9,15-17H,10-14,18H2,1H3/b6-4+. The Labute approximate surface area is 221 Å². The largest absolute Gasteiger partial charge is 0.307 e. The quantitative estimate of drug-likeness (QED) is 0.342. The van der Waals surface area contributed by atoms with Gasteiger partial charge in [0.05, 0.1) is 0 Å². The summed E-state index contributed by atoms with van der Waals surface area (Å²) < 4.78 is 0. The molecule has 3 heterocycles. The lowest BCUT2D eigenvalue weighted by Crippen LogP contribution is -2.46. The summed E-state index contributed by atoms with van der Waals surface area (Å²) in [7, 11) is 0. The van der Waals surface area contributed by atoms with E-state index in [0.717, 1.165) is 54.4 Å². The molecule has 0 N–H and O–H groups in total. The van der Waals surface area contributed by atoms with Gasteiger partial charge in [-0.15, -0.1) is 0 Å². The van der Waals surface area contributed by atoms with Gasteiger partial charge >= 0.3 is 0 Å². The van der Waals surface area contributed by atoms with E-state index in [9.17, 15) is 4.79 Å². The molecule has 2 aliphatic heterocycles. The summed E-state index contributed by atoms with van der Waals surface area (Å²) in [4.78, 5) is 22.1. The van der Waals surface area contributed by atoms with Gasteiger partial charge in [-0.2, -0.15) is 0 Å². The van der Waals surface area contributed by atoms with Crippen LogP contribution in [-0.4, -0.2) is 42.0 Å². The number of amides is 1. The van der Waals surface area contributed by atoms with Crippen molar-refractivity contribution in [2.75, 3.05) is 31.1 Å². The fourth-order valence-corrected chi connectivity index (χ4v) is 5.88. The Morgan fingerprint density at radius 3 is 2.57 bits per heavy atom. The summed E-state index contributed by atoms with van der Waals surface area (Å²) in [5.41, 5.74) is 4.32. The molecule has 0 atom stereocenters. The second-order valence-electron chi connectivity index (χ2n) is 9.38. The van der Waals surface area contributed by atoms with Crippen LogP contribution in [0.3, 0.4) is 0 Å². The maximum absolute atomic E-state index is 13.6. The van der Waals surface area contributed by atoms with Gasteiger partial charge in [-0.25, -0.2) is 4.98 Å². The smallest absolute Gasteiger partial charge is 0.258 e. The van der Waals surface area contributed by atoms with E-state index in [2.05, 4.69) is 22.0 Å². The molecule has 35 heavy (non-hydrogen) atoms. The summed E-state index contributed by atoms with van der Waals surface area (Å²) in [5, 5.41) is 1.79. The SMILES string of the molecule is Cc1cc(C(=O)N2CC3(CCN(C/C=C/c4ccccc4Cl)CC3)c3cc(Cl)ccc32)cc(Cl)n1. The first kappa shape index (κ1) is 24.3. The van der Waals surface area contributed by atoms with Crippen molar-refractivity contribution in [1.82, 2.24) is 9.88 Å². The van der Waals surface area contributed by atoms with Gasteiger partial charge in [0.25, 0.3) is 5.91 Å². The van der Waals surface area contributed by atoms with Crippen molar-refractivity contribution in [2.24, 2.45) is 0 Å². The number of carbonyl (C=O) groups is 1. The van der Waals surface area contributed by atoms with Crippen molar-refractivity contribution in [1.29, 1.82) is 0 Å². The summed E-state index contributed by atoms with van der Waals surface area (Å²) >= 11 is 18.8. The molecule has 0 unspecified atom stereocenters. The predicted molar refractivity (Wildman–Crippen MR) is 145 cm³/mol. The fraction of sp³-hybridized carbons (Fsp3) is 0.286. The number of fused-ring (bicyclic) bond motifs is 2. The molecule has 0 radical (unpaired) electrons. The van der Waals surface area contributed by atoms with Crippen molar-refractivity contribution >= 4 is 52.5 Å². The second-order valence-corrected chi connectivity index (χ2v) is 10.6. The highest BCUT2D eigenvalue weighted by Crippen LogP contribution is 2.48. The van der Waals surface area contributed by atoms with E-state index in [4.69, 9.17) is 34.8 Å². The van der Waals surface area contributed by atoms with Crippen molar-refractivity contribution in [2.45, 2.75) is 25.2 Å². The lowest BCUT2D eigenvalue weighted by molar-refractivity contribution is 0.0977. The molecule has 180 valence electrons. The van der Waals surface area contributed by atoms with Gasteiger partial charge in [0.15, 0.2) is 0 Å². The molecule has 3 aromatic rings. The van der Waals surface area contributed by atoms with E-state index in [-0.39, 0.29) is 11.3 Å². The normalized spacial score (nSPS) is 17.3. The predicted octanol–water partition coefficient (Wildman–Crippen LogP) is 7.06. The number of hydrogen-bond acceptors (Lipinski definition) is 3. The average molecular weight is 527 g/mol. The van der Waals surface area contributed by atoms with Crippen molar-refractivity contribution < 1.29 is 4.79 Å². The van der Waals surface area contributed by atoms with E-state index in [1.54, 1.807) is 12.1 Å². The number of aromatic nitrogens is 1. The molecule has 1 saturated heterocycles. The molecule has 1 fully saturated rings. The maximum atomic E-state index is 13.6. The Morgan fingerprint density at radius 2 is 1.83 bits per heavy atom. The molecule has 0 bridgehead atoms. The summed E-state index contributed by atoms with van der Waals surface area (Å²) in [6.45, 7) is 5.24. The third kappa shape index (κ3) is 4.99. The van der Waals surface area contributed by atoms with Crippen molar-refractivity contribution in [3.8, 4) is 0 Å². The number of nitrogens with zero attached hydrogens (tertiary/aromatic N) is 3. The first-order valence-corrected chi connectivity index (χ1v) is 12.9. The van der Waals surface area contributed by atoms with Gasteiger partial charge in [0.2, 0.25) is 0 Å². The number of rotatable bonds is 4. The molecule has 5 rings (SSSR count). The van der Waals surface area contributed by atoms with E-state index in [1.807, 2.05) is 54.3 Å². The zero-order valence-electron chi connectivity index (χ0n) is 19.5. The van der Waals surface area contributed by atoms with Crippen LogP contribution in [0.2, 0.25) is 15.2 Å². The zero-order valence-corrected chi connectivity index (χ0v) is 21.7. The maximum Gasteiger partial charge on any atom is 0.258 e. The number of anilines is 1. The second kappa shape index (κ2) is 9.94. The van der Waals surface area contributed by atoms with Crippen LogP contribution in [0, 0.1) is 6.92 Å². The molecule has 1 spiro atoms. The third-order valence-electron chi connectivity index (χ3n) is 7.08. The number of aryl methyl sites for hydroxylation is 1. The molecule has 7 heteroatoms. The van der Waals surface area contributed by atoms with E-state index < -0.39 is 0 Å². The van der Waals surface area contributed by atoms with Crippen LogP contribution in [-0.2, 0) is 5.41 Å². The number of pyridine rings is 1. The highest BCUT2D eigenvalue weighted by molar-refractivity contribution is 6.32. The number of halogens is 3. The molecule has 2 aliphatic rings. The van der Waals surface area contributed by atoms with Crippen LogP contribution in [0.4, 0.5) is 5.69 Å². The monoisotopic (exact) mass is 525 g/mol. The van der Waals surface area contributed by atoms with Gasteiger partial charge in [0.1, 0.15) is 5.15 Å². The zero-order chi connectivity index (χ0) is 24.6. The molecular weight excluding hydrogens is 501 g/mol. The average Bonchev–Trinajstić information content (AvgIpc) is 3.13. The number of hydrogen-bond donors (Lipinski definition) is 0. The van der Waals surface area contributed by atoms with Crippen LogP contribution in [0.5, 0.6) is 0 Å². The highest BCUT2D eigenvalue weighted by Gasteiger charge is 2.46. The lowest BCUT2D eigenvalue weighted by Gasteiger charge is -2.39. The van der Waals surface area contributed by atoms with Crippen LogP contribution >= 0.6 is 34.8 Å². The Morgan fingerprint density at radius 1 is 1.06 bits per heavy atom. The molecule has 1 aromatic heterocycles. The minimum Gasteiger partial charge on any atom is -0.307 e. The fourth-order valence-electron chi connectivity index (χ4n) is 5.26. The first-order valence-electron chi connectivity index (χ1n) is 11.7. The first-order chi connectivity index (χ1) is 16.8. The minimum atomic E-state index is -0.106. The summed E-state index contributed by atoms with van der Waals surface area (Å²) in [5.74, 6) is -0.0528. The van der Waals surface area contributed by atoms with E-state index in [0.29, 0.717) is 22.3 Å². The van der Waals surface area contributed by atoms with Crippen LogP contribution in [0.25, 0.3) is 6.08 Å². The molecule has 2 aromatic carbocycles. The van der Waals surface area contributed by atoms with Crippen LogP contribution in [0.15, 0.2) is 60.7 Å². The van der Waals surface area contributed by atoms with Crippen LogP contribution in [0.1, 0.15) is 40.0 Å². The van der Waals surface area contributed by atoms with E-state index in [1.165, 1.54) is 5.56 Å². The van der Waals surface area contributed by atoms with Gasteiger partial charge in [-0.1, -0.05) is 65.2 Å². The van der Waals surface area contributed by atoms with Gasteiger partial charge in [-0.05, 0) is 80.4 Å². The van der Waals surface area contributed by atoms with Crippen molar-refractivity contribution in [3.63, 3.8) is 0 Å². The number of carbonyl (C=O) groups excluding carboxylic acids is 1. The van der Waals surface area contributed by atoms with Crippen molar-refractivity contribution in [3.05, 3.63) is 98.3 Å². The number of piperidine rings is 1. The van der Waals surface area contributed by atoms with Gasteiger partial charge in [0, 0.05) is 45.5 Å².